The summed E-state index contributed by atoms with van der Waals surface area (Å²) in [5, 5.41) is 9.56. The Kier molecular flexibility index (Phi) is 3.09. The van der Waals surface area contributed by atoms with Crippen molar-refractivity contribution in [3.63, 3.8) is 0 Å². The van der Waals surface area contributed by atoms with Gasteiger partial charge in [-0.15, -0.1) is 0 Å². The molecule has 3 nitrogen and oxygen atoms in total. The average Bonchev–Trinajstić information content (AvgIpc) is 1.99. The fourth-order valence-electron chi connectivity index (χ4n) is 1.66. The molecule has 0 saturated carbocycles. The third kappa shape index (κ3) is 1.97. The summed E-state index contributed by atoms with van der Waals surface area (Å²) in [6.45, 7) is 6.20. The molecular weight excluding hydrogens is 154 g/mol. The Hall–Kier alpha value is -0.120. The maximum absolute atomic E-state index is 9.56. The minimum absolute atomic E-state index is 0.0614. The van der Waals surface area contributed by atoms with Crippen molar-refractivity contribution in [2.75, 3.05) is 0 Å². The third-order valence-corrected chi connectivity index (χ3v) is 2.63. The number of hydrogen-bond donors (Lipinski definition) is 2. The third-order valence-electron chi connectivity index (χ3n) is 2.63. The van der Waals surface area contributed by atoms with Gasteiger partial charge in [-0.3, -0.25) is 0 Å². The molecule has 1 fully saturated rings. The molecule has 0 amide bonds. The van der Waals surface area contributed by atoms with Crippen molar-refractivity contribution in [3.05, 3.63) is 0 Å². The summed E-state index contributed by atoms with van der Waals surface area (Å²) in [5.41, 5.74) is 3.93. The molecule has 1 heterocycles. The zero-order valence-electron chi connectivity index (χ0n) is 8.16. The van der Waals surface area contributed by atoms with Crippen LogP contribution in [-0.2, 0) is 4.74 Å². The van der Waals surface area contributed by atoms with Crippen molar-refractivity contribution in [3.8, 4) is 0 Å². The summed E-state index contributed by atoms with van der Waals surface area (Å²) in [6, 6.07) is 0.126. The average molecular weight is 174 g/mol. The minimum Gasteiger partial charge on any atom is -0.384 e. The Bertz CT molecular complexity index is 137. The molecule has 72 valence electrons. The van der Waals surface area contributed by atoms with Gasteiger partial charge in [-0.05, 0) is 12.8 Å². The van der Waals surface area contributed by atoms with Gasteiger partial charge in [0, 0.05) is 6.42 Å². The molecule has 1 rings (SSSR count). The lowest BCUT2D eigenvalue weighted by molar-refractivity contribution is -0.458. The van der Waals surface area contributed by atoms with E-state index in [4.69, 9.17) is 4.74 Å². The van der Waals surface area contributed by atoms with Gasteiger partial charge in [0.15, 0.2) is 0 Å². The van der Waals surface area contributed by atoms with E-state index in [-0.39, 0.29) is 24.4 Å². The van der Waals surface area contributed by atoms with Crippen LogP contribution in [0.25, 0.3) is 0 Å². The molecule has 4 N–H and O–H groups in total. The molecule has 1 aliphatic heterocycles. The second-order valence-corrected chi connectivity index (χ2v) is 4.11. The van der Waals surface area contributed by atoms with Crippen LogP contribution in [0.15, 0.2) is 0 Å². The maximum atomic E-state index is 9.56. The second-order valence-electron chi connectivity index (χ2n) is 4.11. The Morgan fingerprint density at radius 2 is 2.08 bits per heavy atom. The Labute approximate surface area is 73.9 Å². The summed E-state index contributed by atoms with van der Waals surface area (Å²) in [7, 11) is 0. The molecule has 0 aromatic heterocycles. The lowest BCUT2D eigenvalue weighted by Crippen LogP contribution is -2.71. The monoisotopic (exact) mass is 174 g/mol. The SMILES string of the molecule is CC(C)C1CC([NH3+])C(O)C(C)O1. The molecule has 1 aliphatic rings. The van der Waals surface area contributed by atoms with Crippen LogP contribution in [0, 0.1) is 5.92 Å². The van der Waals surface area contributed by atoms with Gasteiger partial charge in [0.1, 0.15) is 12.1 Å². The van der Waals surface area contributed by atoms with Crippen LogP contribution in [0.4, 0.5) is 0 Å². The summed E-state index contributed by atoms with van der Waals surface area (Å²) < 4.78 is 5.64. The van der Waals surface area contributed by atoms with Gasteiger partial charge >= 0.3 is 0 Å². The highest BCUT2D eigenvalue weighted by molar-refractivity contribution is 4.83. The van der Waals surface area contributed by atoms with Crippen LogP contribution >= 0.6 is 0 Å². The number of aliphatic hydroxyl groups excluding tert-OH is 1. The molecule has 0 aromatic rings. The smallest absolute Gasteiger partial charge is 0.131 e. The summed E-state index contributed by atoms with van der Waals surface area (Å²) in [6.07, 6.45) is 0.697. The molecule has 0 aromatic carbocycles. The lowest BCUT2D eigenvalue weighted by Gasteiger charge is -2.36. The molecule has 0 spiro atoms. The molecule has 4 unspecified atom stereocenters. The molecular formula is C9H20NO2+. The van der Waals surface area contributed by atoms with Crippen LogP contribution in [-0.4, -0.2) is 29.5 Å². The molecule has 4 atom stereocenters. The Morgan fingerprint density at radius 1 is 1.50 bits per heavy atom. The standard InChI is InChI=1S/C9H19NO2/c1-5(2)8-4-7(10)9(11)6(3)12-8/h5-9,11H,4,10H2,1-3H3/p+1. The fourth-order valence-corrected chi connectivity index (χ4v) is 1.66. The van der Waals surface area contributed by atoms with Crippen LogP contribution in [0.5, 0.6) is 0 Å². The highest BCUT2D eigenvalue weighted by Crippen LogP contribution is 2.22. The first-order valence-corrected chi connectivity index (χ1v) is 4.69. The normalized spacial score (nSPS) is 43.5. The highest BCUT2D eigenvalue weighted by Gasteiger charge is 2.36. The highest BCUT2D eigenvalue weighted by atomic mass is 16.5. The first-order valence-electron chi connectivity index (χ1n) is 4.69. The summed E-state index contributed by atoms with van der Waals surface area (Å²) in [5.74, 6) is 0.518. The molecule has 0 radical (unpaired) electrons. The Balaban J connectivity index is 2.53. The van der Waals surface area contributed by atoms with Gasteiger partial charge in [-0.2, -0.15) is 0 Å². The summed E-state index contributed by atoms with van der Waals surface area (Å²) >= 11 is 0. The number of aliphatic hydroxyl groups is 1. The van der Waals surface area contributed by atoms with E-state index in [0.717, 1.165) is 6.42 Å². The number of rotatable bonds is 1. The van der Waals surface area contributed by atoms with Gasteiger partial charge in [0.05, 0.1) is 12.2 Å². The largest absolute Gasteiger partial charge is 0.384 e. The predicted molar refractivity (Wildman–Crippen MR) is 46.5 cm³/mol. The van der Waals surface area contributed by atoms with Crippen molar-refractivity contribution < 1.29 is 15.6 Å². The molecule has 1 saturated heterocycles. The van der Waals surface area contributed by atoms with Gasteiger partial charge in [0.2, 0.25) is 0 Å². The van der Waals surface area contributed by atoms with Crippen molar-refractivity contribution in [2.45, 2.75) is 51.5 Å². The van der Waals surface area contributed by atoms with E-state index in [9.17, 15) is 5.11 Å². The molecule has 0 bridgehead atoms. The molecule has 0 aliphatic carbocycles. The Morgan fingerprint density at radius 3 is 2.50 bits per heavy atom. The first-order chi connectivity index (χ1) is 5.52. The van der Waals surface area contributed by atoms with E-state index in [1.165, 1.54) is 0 Å². The van der Waals surface area contributed by atoms with Crippen LogP contribution in [0.2, 0.25) is 0 Å². The van der Waals surface area contributed by atoms with Crippen molar-refractivity contribution in [1.82, 2.24) is 0 Å². The number of ether oxygens (including phenoxy) is 1. The molecule has 3 heteroatoms. The lowest BCUT2D eigenvalue weighted by atomic mass is 9.91. The van der Waals surface area contributed by atoms with E-state index < -0.39 is 0 Å². The first kappa shape index (κ1) is 9.96. The van der Waals surface area contributed by atoms with Crippen LogP contribution in [0.1, 0.15) is 27.2 Å². The topological polar surface area (TPSA) is 57.1 Å². The van der Waals surface area contributed by atoms with Gasteiger partial charge in [-0.25, -0.2) is 0 Å². The second kappa shape index (κ2) is 3.73. The quantitative estimate of drug-likeness (QED) is 0.578. The van der Waals surface area contributed by atoms with Crippen molar-refractivity contribution in [2.24, 2.45) is 5.92 Å². The zero-order valence-corrected chi connectivity index (χ0v) is 8.16. The van der Waals surface area contributed by atoms with E-state index in [0.29, 0.717) is 5.92 Å². The fraction of sp³-hybridized carbons (Fsp3) is 1.00. The predicted octanol–water partition coefficient (Wildman–Crippen LogP) is -0.209. The van der Waals surface area contributed by atoms with Crippen molar-refractivity contribution in [1.29, 1.82) is 0 Å². The van der Waals surface area contributed by atoms with E-state index in [1.54, 1.807) is 0 Å². The van der Waals surface area contributed by atoms with E-state index >= 15 is 0 Å². The van der Waals surface area contributed by atoms with Crippen LogP contribution in [0.3, 0.4) is 0 Å². The minimum atomic E-state index is -0.389. The van der Waals surface area contributed by atoms with Gasteiger partial charge in [-0.1, -0.05) is 13.8 Å². The number of hydrogen-bond acceptors (Lipinski definition) is 2. The van der Waals surface area contributed by atoms with E-state index in [2.05, 4.69) is 19.6 Å². The van der Waals surface area contributed by atoms with Crippen LogP contribution < -0.4 is 5.73 Å². The van der Waals surface area contributed by atoms with Gasteiger partial charge in [0.25, 0.3) is 0 Å². The maximum Gasteiger partial charge on any atom is 0.131 e. The summed E-state index contributed by atoms with van der Waals surface area (Å²) in [4.78, 5) is 0. The van der Waals surface area contributed by atoms with Crippen molar-refractivity contribution >= 4 is 0 Å². The number of quaternary nitrogens is 1. The zero-order chi connectivity index (χ0) is 9.30. The molecule has 12 heavy (non-hydrogen) atoms. The van der Waals surface area contributed by atoms with Gasteiger partial charge < -0.3 is 15.6 Å². The van der Waals surface area contributed by atoms with E-state index in [1.807, 2.05) is 6.92 Å².